The molecule has 0 N–H and O–H groups in total. The van der Waals surface area contributed by atoms with Gasteiger partial charge in [-0.2, -0.15) is 4.31 Å². The number of piperazine rings is 1. The Balaban J connectivity index is 1.51. The number of ether oxygens (including phenoxy) is 2. The minimum absolute atomic E-state index is 0.449. The highest BCUT2D eigenvalue weighted by Gasteiger charge is 2.25. The first-order valence-electron chi connectivity index (χ1n) is 9.77. The molecule has 0 saturated carbocycles. The molecule has 1 aromatic carbocycles. The molecule has 0 spiro atoms. The predicted octanol–water partition coefficient (Wildman–Crippen LogP) is 0.934. The quantitative estimate of drug-likeness (QED) is 0.602. The first-order valence-corrected chi connectivity index (χ1v) is 11.6. The van der Waals surface area contributed by atoms with Crippen LogP contribution in [0.1, 0.15) is 16.8 Å². The van der Waals surface area contributed by atoms with E-state index in [1.54, 1.807) is 7.11 Å². The van der Waals surface area contributed by atoms with Gasteiger partial charge in [0.05, 0.1) is 30.8 Å². The second-order valence-electron chi connectivity index (χ2n) is 7.24. The standard InChI is InChI=1S/C20H25N5O4S/c1-28-9-10-29-16-4-3-15-13-21-20(17(15)11-16)18-12-19(23-14-22-18)24-5-7-25(8-6-24)30(2,26)27/h3-4,11-12,14H,5-10,13H2,1-2H3. The first kappa shape index (κ1) is 20.7. The third-order valence-corrected chi connectivity index (χ3v) is 6.53. The number of hydrogen-bond acceptors (Lipinski definition) is 8. The highest BCUT2D eigenvalue weighted by atomic mass is 32.2. The van der Waals surface area contributed by atoms with E-state index in [4.69, 9.17) is 9.47 Å². The maximum absolute atomic E-state index is 11.7. The molecule has 0 bridgehead atoms. The van der Waals surface area contributed by atoms with Crippen molar-refractivity contribution in [2.45, 2.75) is 6.54 Å². The lowest BCUT2D eigenvalue weighted by Crippen LogP contribution is -2.48. The third-order valence-electron chi connectivity index (χ3n) is 5.23. The minimum atomic E-state index is -3.16. The predicted molar refractivity (Wildman–Crippen MR) is 114 cm³/mol. The Morgan fingerprint density at radius 3 is 2.60 bits per heavy atom. The summed E-state index contributed by atoms with van der Waals surface area (Å²) in [4.78, 5) is 15.6. The van der Waals surface area contributed by atoms with Crippen molar-refractivity contribution in [2.75, 3.05) is 57.7 Å². The molecule has 160 valence electrons. The summed E-state index contributed by atoms with van der Waals surface area (Å²) in [6.45, 7) is 3.69. The summed E-state index contributed by atoms with van der Waals surface area (Å²) < 4.78 is 35.7. The van der Waals surface area contributed by atoms with Crippen LogP contribution in [0.2, 0.25) is 0 Å². The van der Waals surface area contributed by atoms with E-state index in [9.17, 15) is 8.42 Å². The second kappa shape index (κ2) is 8.66. The van der Waals surface area contributed by atoms with Crippen molar-refractivity contribution in [1.29, 1.82) is 0 Å². The van der Waals surface area contributed by atoms with Crippen LogP contribution in [0.5, 0.6) is 5.75 Å². The van der Waals surface area contributed by atoms with Crippen molar-refractivity contribution in [3.8, 4) is 5.75 Å². The normalized spacial score (nSPS) is 17.0. The van der Waals surface area contributed by atoms with Crippen molar-refractivity contribution < 1.29 is 17.9 Å². The number of fused-ring (bicyclic) bond motifs is 1. The monoisotopic (exact) mass is 431 g/mol. The molecule has 2 aliphatic heterocycles. The van der Waals surface area contributed by atoms with Crippen LogP contribution in [0.3, 0.4) is 0 Å². The molecule has 30 heavy (non-hydrogen) atoms. The topological polar surface area (TPSA) is 97.2 Å². The average molecular weight is 432 g/mol. The van der Waals surface area contributed by atoms with Gasteiger partial charge in [0.25, 0.3) is 0 Å². The van der Waals surface area contributed by atoms with Crippen LogP contribution < -0.4 is 9.64 Å². The van der Waals surface area contributed by atoms with Crippen molar-refractivity contribution in [3.63, 3.8) is 0 Å². The molecule has 2 aliphatic rings. The van der Waals surface area contributed by atoms with E-state index < -0.39 is 10.0 Å². The minimum Gasteiger partial charge on any atom is -0.491 e. The number of rotatable bonds is 7. The second-order valence-corrected chi connectivity index (χ2v) is 9.22. The maximum atomic E-state index is 11.7. The molecule has 0 radical (unpaired) electrons. The summed E-state index contributed by atoms with van der Waals surface area (Å²) in [6, 6.07) is 7.88. The van der Waals surface area contributed by atoms with E-state index in [2.05, 4.69) is 19.9 Å². The Labute approximate surface area is 176 Å². The summed E-state index contributed by atoms with van der Waals surface area (Å²) in [5.74, 6) is 1.54. The summed E-state index contributed by atoms with van der Waals surface area (Å²) in [6.07, 6.45) is 2.78. The molecule has 3 heterocycles. The molecule has 1 fully saturated rings. The lowest BCUT2D eigenvalue weighted by molar-refractivity contribution is 0.146. The number of anilines is 1. The van der Waals surface area contributed by atoms with Crippen molar-refractivity contribution >= 4 is 21.6 Å². The van der Waals surface area contributed by atoms with Gasteiger partial charge in [0.1, 0.15) is 24.5 Å². The van der Waals surface area contributed by atoms with Gasteiger partial charge in [-0.3, -0.25) is 4.99 Å². The molecule has 0 unspecified atom stereocenters. The van der Waals surface area contributed by atoms with Gasteiger partial charge < -0.3 is 14.4 Å². The Kier molecular flexibility index (Phi) is 5.98. The van der Waals surface area contributed by atoms with E-state index in [0.717, 1.165) is 34.1 Å². The Morgan fingerprint density at radius 1 is 1.07 bits per heavy atom. The van der Waals surface area contributed by atoms with Crippen molar-refractivity contribution in [1.82, 2.24) is 14.3 Å². The summed E-state index contributed by atoms with van der Waals surface area (Å²) in [5.41, 5.74) is 3.71. The van der Waals surface area contributed by atoms with Crippen LogP contribution in [0.25, 0.3) is 0 Å². The first-order chi connectivity index (χ1) is 14.5. The molecule has 1 aromatic heterocycles. The Morgan fingerprint density at radius 2 is 1.87 bits per heavy atom. The third kappa shape index (κ3) is 4.45. The molecule has 0 aliphatic carbocycles. The number of benzene rings is 1. The molecular weight excluding hydrogens is 406 g/mol. The maximum Gasteiger partial charge on any atom is 0.211 e. The molecule has 2 aromatic rings. The Bertz CT molecular complexity index is 1050. The molecule has 0 amide bonds. The largest absolute Gasteiger partial charge is 0.491 e. The zero-order chi connectivity index (χ0) is 21.1. The number of nitrogens with zero attached hydrogens (tertiary/aromatic N) is 5. The average Bonchev–Trinajstić information content (AvgIpc) is 3.17. The van der Waals surface area contributed by atoms with Crippen LogP contribution >= 0.6 is 0 Å². The van der Waals surface area contributed by atoms with E-state index in [0.29, 0.717) is 45.9 Å². The fraction of sp³-hybridized carbons (Fsp3) is 0.450. The van der Waals surface area contributed by atoms with Crippen LogP contribution in [-0.2, 0) is 21.3 Å². The number of aromatic nitrogens is 2. The molecule has 4 rings (SSSR count). The van der Waals surface area contributed by atoms with Crippen LogP contribution in [0, 0.1) is 0 Å². The SMILES string of the molecule is COCCOc1ccc2c(c1)C(c1cc(N3CCN(S(C)(=O)=O)CC3)ncn1)=NC2. The number of hydrogen-bond donors (Lipinski definition) is 0. The van der Waals surface area contributed by atoms with Gasteiger partial charge in [0.2, 0.25) is 10.0 Å². The van der Waals surface area contributed by atoms with Gasteiger partial charge in [0, 0.05) is 44.9 Å². The Hall–Kier alpha value is -2.56. The van der Waals surface area contributed by atoms with Gasteiger partial charge in [-0.05, 0) is 17.7 Å². The highest BCUT2D eigenvalue weighted by molar-refractivity contribution is 7.88. The smallest absolute Gasteiger partial charge is 0.211 e. The number of sulfonamides is 1. The molecular formula is C20H25N5O4S. The number of methoxy groups -OCH3 is 1. The van der Waals surface area contributed by atoms with E-state index in [1.807, 2.05) is 24.3 Å². The van der Waals surface area contributed by atoms with E-state index in [1.165, 1.54) is 16.9 Å². The lowest BCUT2D eigenvalue weighted by Gasteiger charge is -2.33. The molecule has 1 saturated heterocycles. The van der Waals surface area contributed by atoms with Crippen LogP contribution in [0.15, 0.2) is 35.6 Å². The highest BCUT2D eigenvalue weighted by Crippen LogP contribution is 2.27. The zero-order valence-corrected chi connectivity index (χ0v) is 17.9. The molecule has 9 nitrogen and oxygen atoms in total. The van der Waals surface area contributed by atoms with Gasteiger partial charge >= 0.3 is 0 Å². The fourth-order valence-electron chi connectivity index (χ4n) is 3.61. The fourth-order valence-corrected chi connectivity index (χ4v) is 4.44. The zero-order valence-electron chi connectivity index (χ0n) is 17.1. The van der Waals surface area contributed by atoms with E-state index in [-0.39, 0.29) is 0 Å². The summed E-state index contributed by atoms with van der Waals surface area (Å²) in [7, 11) is -1.52. The molecule has 0 atom stereocenters. The van der Waals surface area contributed by atoms with Crippen molar-refractivity contribution in [3.05, 3.63) is 47.4 Å². The van der Waals surface area contributed by atoms with Gasteiger partial charge in [-0.25, -0.2) is 18.4 Å². The van der Waals surface area contributed by atoms with Crippen LogP contribution in [0.4, 0.5) is 5.82 Å². The van der Waals surface area contributed by atoms with E-state index >= 15 is 0 Å². The number of aliphatic imine (C=N–C) groups is 1. The van der Waals surface area contributed by atoms with Crippen LogP contribution in [-0.4, -0.2) is 81.2 Å². The lowest BCUT2D eigenvalue weighted by atomic mass is 10.0. The molecule has 10 heteroatoms. The van der Waals surface area contributed by atoms with Gasteiger partial charge in [-0.15, -0.1) is 0 Å². The van der Waals surface area contributed by atoms with Crippen molar-refractivity contribution in [2.24, 2.45) is 4.99 Å². The summed E-state index contributed by atoms with van der Waals surface area (Å²) >= 11 is 0. The van der Waals surface area contributed by atoms with Gasteiger partial charge in [0.15, 0.2) is 0 Å². The summed E-state index contributed by atoms with van der Waals surface area (Å²) in [5, 5.41) is 0. The van der Waals surface area contributed by atoms with Gasteiger partial charge in [-0.1, -0.05) is 6.07 Å².